The summed E-state index contributed by atoms with van der Waals surface area (Å²) < 4.78 is 6.10. The van der Waals surface area contributed by atoms with Crippen molar-refractivity contribution < 1.29 is 4.42 Å². The van der Waals surface area contributed by atoms with Crippen molar-refractivity contribution in [2.75, 3.05) is 4.90 Å². The molecule has 9 rings (SSSR count). The molecular formula is C44H29NO. The van der Waals surface area contributed by atoms with Gasteiger partial charge in [-0.3, -0.25) is 0 Å². The van der Waals surface area contributed by atoms with Gasteiger partial charge in [0.1, 0.15) is 11.2 Å². The minimum absolute atomic E-state index is 0.911. The molecule has 0 saturated carbocycles. The van der Waals surface area contributed by atoms with Crippen LogP contribution in [0.15, 0.2) is 180 Å². The Morgan fingerprint density at radius 2 is 1.02 bits per heavy atom. The predicted molar refractivity (Wildman–Crippen MR) is 194 cm³/mol. The summed E-state index contributed by atoms with van der Waals surface area (Å²) >= 11 is 0. The van der Waals surface area contributed by atoms with Crippen LogP contribution >= 0.6 is 0 Å². The summed E-state index contributed by atoms with van der Waals surface area (Å²) in [6.45, 7) is 0. The van der Waals surface area contributed by atoms with Crippen LogP contribution in [0, 0.1) is 0 Å². The largest absolute Gasteiger partial charge is 0.456 e. The molecule has 0 atom stereocenters. The van der Waals surface area contributed by atoms with E-state index >= 15 is 0 Å². The first-order chi connectivity index (χ1) is 22.8. The zero-order valence-corrected chi connectivity index (χ0v) is 25.1. The fraction of sp³-hybridized carbons (Fsp3) is 0. The number of benzene rings is 8. The summed E-state index contributed by atoms with van der Waals surface area (Å²) in [5.74, 6) is 0. The smallest absolute Gasteiger partial charge is 0.135 e. The number of nitrogens with zero attached hydrogens (tertiary/aromatic N) is 1. The van der Waals surface area contributed by atoms with Gasteiger partial charge in [0.25, 0.3) is 0 Å². The third-order valence-corrected chi connectivity index (χ3v) is 9.05. The van der Waals surface area contributed by atoms with Crippen LogP contribution in [0.5, 0.6) is 0 Å². The van der Waals surface area contributed by atoms with E-state index in [1.165, 1.54) is 32.7 Å². The second kappa shape index (κ2) is 10.8. The molecule has 0 saturated heterocycles. The Morgan fingerprint density at radius 3 is 1.91 bits per heavy atom. The zero-order chi connectivity index (χ0) is 30.5. The van der Waals surface area contributed by atoms with E-state index in [1.54, 1.807) is 0 Å². The van der Waals surface area contributed by atoms with Crippen molar-refractivity contribution in [1.82, 2.24) is 0 Å². The van der Waals surface area contributed by atoms with Gasteiger partial charge in [-0.1, -0.05) is 133 Å². The molecule has 0 aliphatic heterocycles. The van der Waals surface area contributed by atoms with Crippen molar-refractivity contribution in [2.24, 2.45) is 0 Å². The molecule has 0 N–H and O–H groups in total. The second-order valence-electron chi connectivity index (χ2n) is 11.7. The normalized spacial score (nSPS) is 11.5. The molecular weight excluding hydrogens is 558 g/mol. The van der Waals surface area contributed by atoms with Crippen molar-refractivity contribution in [2.45, 2.75) is 0 Å². The van der Waals surface area contributed by atoms with Gasteiger partial charge in [0.2, 0.25) is 0 Å². The Hall–Kier alpha value is -6.12. The first kappa shape index (κ1) is 26.3. The summed E-state index contributed by atoms with van der Waals surface area (Å²) in [5.41, 5.74) is 9.90. The highest BCUT2D eigenvalue weighted by atomic mass is 16.3. The topological polar surface area (TPSA) is 16.4 Å². The highest BCUT2D eigenvalue weighted by Crippen LogP contribution is 2.45. The summed E-state index contributed by atoms with van der Waals surface area (Å²) in [5, 5.41) is 7.22. The van der Waals surface area contributed by atoms with Crippen LogP contribution in [0.1, 0.15) is 0 Å². The lowest BCUT2D eigenvalue weighted by Crippen LogP contribution is -2.12. The van der Waals surface area contributed by atoms with Gasteiger partial charge < -0.3 is 9.32 Å². The van der Waals surface area contributed by atoms with Gasteiger partial charge in [0.05, 0.1) is 11.4 Å². The summed E-state index contributed by atoms with van der Waals surface area (Å²) in [6.07, 6.45) is 0. The van der Waals surface area contributed by atoms with Crippen LogP contribution in [-0.4, -0.2) is 0 Å². The molecule has 0 bridgehead atoms. The van der Waals surface area contributed by atoms with Gasteiger partial charge >= 0.3 is 0 Å². The molecule has 0 amide bonds. The van der Waals surface area contributed by atoms with Crippen molar-refractivity contribution in [3.63, 3.8) is 0 Å². The second-order valence-corrected chi connectivity index (χ2v) is 11.7. The van der Waals surface area contributed by atoms with E-state index in [0.29, 0.717) is 0 Å². The maximum atomic E-state index is 6.10. The zero-order valence-electron chi connectivity index (χ0n) is 25.1. The van der Waals surface area contributed by atoms with E-state index in [1.807, 2.05) is 12.1 Å². The van der Waals surface area contributed by atoms with Crippen molar-refractivity contribution >= 4 is 60.5 Å². The first-order valence-electron chi connectivity index (χ1n) is 15.7. The lowest BCUT2D eigenvalue weighted by Gasteiger charge is -2.29. The summed E-state index contributed by atoms with van der Waals surface area (Å²) in [4.78, 5) is 2.42. The Balaban J connectivity index is 1.25. The van der Waals surface area contributed by atoms with Crippen LogP contribution in [0.2, 0.25) is 0 Å². The molecule has 216 valence electrons. The number of hydrogen-bond acceptors (Lipinski definition) is 2. The van der Waals surface area contributed by atoms with E-state index in [-0.39, 0.29) is 0 Å². The van der Waals surface area contributed by atoms with E-state index in [9.17, 15) is 0 Å². The third kappa shape index (κ3) is 4.35. The highest BCUT2D eigenvalue weighted by molar-refractivity contribution is 6.15. The average molecular weight is 588 g/mol. The van der Waals surface area contributed by atoms with Crippen LogP contribution in [0.3, 0.4) is 0 Å². The van der Waals surface area contributed by atoms with E-state index in [4.69, 9.17) is 4.42 Å². The molecule has 0 radical (unpaired) electrons. The molecule has 0 unspecified atom stereocenters. The van der Waals surface area contributed by atoms with Crippen molar-refractivity contribution in [3.8, 4) is 22.3 Å². The Morgan fingerprint density at radius 1 is 0.370 bits per heavy atom. The van der Waals surface area contributed by atoms with Crippen molar-refractivity contribution in [1.29, 1.82) is 0 Å². The van der Waals surface area contributed by atoms with Crippen LogP contribution in [0.4, 0.5) is 17.1 Å². The number of rotatable bonds is 5. The molecule has 0 aliphatic carbocycles. The van der Waals surface area contributed by atoms with Crippen LogP contribution < -0.4 is 4.90 Å². The fourth-order valence-electron chi connectivity index (χ4n) is 6.87. The quantitative estimate of drug-likeness (QED) is 0.186. The third-order valence-electron chi connectivity index (χ3n) is 9.05. The maximum Gasteiger partial charge on any atom is 0.135 e. The number of fused-ring (bicyclic) bond motifs is 6. The number of anilines is 3. The molecule has 2 nitrogen and oxygen atoms in total. The highest BCUT2D eigenvalue weighted by Gasteiger charge is 2.20. The average Bonchev–Trinajstić information content (AvgIpc) is 3.51. The van der Waals surface area contributed by atoms with Gasteiger partial charge in [0.15, 0.2) is 0 Å². The fourth-order valence-corrected chi connectivity index (χ4v) is 6.87. The van der Waals surface area contributed by atoms with Gasteiger partial charge in [-0.2, -0.15) is 0 Å². The minimum Gasteiger partial charge on any atom is -0.456 e. The first-order valence-corrected chi connectivity index (χ1v) is 15.7. The molecule has 2 heteroatoms. The lowest BCUT2D eigenvalue weighted by atomic mass is 9.97. The standard InChI is InChI=1S/C44H29NO/c1-2-11-31(12-3-1)36-15-6-8-18-40(36)45(41-19-10-14-33-22-21-32-13-4-5-16-37(32)44(33)41)35-26-23-30(24-27-35)34-25-28-43-39(29-34)38-17-7-9-20-42(38)46-43/h1-29H. The SMILES string of the molecule is c1ccc(-c2ccccc2N(c2ccc(-c3ccc4oc5ccccc5c4c3)cc2)c2cccc3ccc4ccccc4c23)cc1. The summed E-state index contributed by atoms with van der Waals surface area (Å²) in [7, 11) is 0. The van der Waals surface area contributed by atoms with Gasteiger partial charge in [-0.25, -0.2) is 0 Å². The molecule has 1 aromatic heterocycles. The van der Waals surface area contributed by atoms with Gasteiger partial charge in [-0.15, -0.1) is 0 Å². The van der Waals surface area contributed by atoms with E-state index < -0.39 is 0 Å². The Kier molecular flexibility index (Phi) is 6.17. The molecule has 8 aromatic carbocycles. The number of furan rings is 1. The molecule has 0 aliphatic rings. The monoisotopic (exact) mass is 587 g/mol. The van der Waals surface area contributed by atoms with E-state index in [2.05, 4.69) is 169 Å². The number of para-hydroxylation sites is 2. The number of hydrogen-bond donors (Lipinski definition) is 0. The lowest BCUT2D eigenvalue weighted by molar-refractivity contribution is 0.669. The van der Waals surface area contributed by atoms with Gasteiger partial charge in [0, 0.05) is 27.4 Å². The predicted octanol–water partition coefficient (Wildman–Crippen LogP) is 12.7. The van der Waals surface area contributed by atoms with Crippen LogP contribution in [-0.2, 0) is 0 Å². The Labute approximate surface area is 267 Å². The molecule has 9 aromatic rings. The molecule has 0 spiro atoms. The maximum absolute atomic E-state index is 6.10. The summed E-state index contributed by atoms with van der Waals surface area (Å²) in [6, 6.07) is 62.9. The van der Waals surface area contributed by atoms with Crippen molar-refractivity contribution in [3.05, 3.63) is 176 Å². The van der Waals surface area contributed by atoms with E-state index in [0.717, 1.165) is 50.1 Å². The van der Waals surface area contributed by atoms with Gasteiger partial charge in [-0.05, 0) is 75.3 Å². The van der Waals surface area contributed by atoms with Crippen LogP contribution in [0.25, 0.3) is 65.7 Å². The molecule has 1 heterocycles. The Bertz CT molecular complexity index is 2530. The minimum atomic E-state index is 0.911. The molecule has 0 fully saturated rings. The molecule has 46 heavy (non-hydrogen) atoms.